The van der Waals surface area contributed by atoms with E-state index < -0.39 is 0 Å². The lowest BCUT2D eigenvalue weighted by molar-refractivity contribution is 0.116. The maximum atomic E-state index is 8.88. The molecule has 1 atom stereocenters. The highest BCUT2D eigenvalue weighted by molar-refractivity contribution is 4.95. The van der Waals surface area contributed by atoms with Crippen LogP contribution >= 0.6 is 0 Å². The number of allylic oxidation sites excluding steroid dienone is 2. The second-order valence-electron chi connectivity index (χ2n) is 3.15. The van der Waals surface area contributed by atoms with Gasteiger partial charge in [-0.25, -0.2) is 0 Å². The fourth-order valence-electron chi connectivity index (χ4n) is 1.56. The molecule has 0 aromatic carbocycles. The van der Waals surface area contributed by atoms with Crippen molar-refractivity contribution < 1.29 is 10.2 Å². The van der Waals surface area contributed by atoms with Gasteiger partial charge in [-0.15, -0.1) is 0 Å². The van der Waals surface area contributed by atoms with Crippen molar-refractivity contribution in [3.8, 4) is 0 Å². The molecule has 0 aromatic rings. The van der Waals surface area contributed by atoms with Crippen LogP contribution in [0, 0.1) is 11.8 Å². The smallest absolute Gasteiger partial charge is 0.0486 e. The lowest BCUT2D eigenvalue weighted by Crippen LogP contribution is -2.21. The highest BCUT2D eigenvalue weighted by atomic mass is 16.3. The Kier molecular flexibility index (Phi) is 3.60. The molecule has 0 fully saturated rings. The van der Waals surface area contributed by atoms with Crippen molar-refractivity contribution in [1.82, 2.24) is 0 Å². The molecule has 0 amide bonds. The molecule has 11 heavy (non-hydrogen) atoms. The SMILES string of the molecule is OCC(CO)C1C=CCCC1. The first-order valence-electron chi connectivity index (χ1n) is 4.27. The summed E-state index contributed by atoms with van der Waals surface area (Å²) < 4.78 is 0. The molecule has 2 heteroatoms. The number of hydrogen-bond acceptors (Lipinski definition) is 2. The molecular weight excluding hydrogens is 140 g/mol. The predicted octanol–water partition coefficient (Wildman–Crippen LogP) is 0.944. The third kappa shape index (κ3) is 2.31. The van der Waals surface area contributed by atoms with Crippen LogP contribution in [0.15, 0.2) is 12.2 Å². The van der Waals surface area contributed by atoms with Crippen LogP contribution in [0.3, 0.4) is 0 Å². The zero-order chi connectivity index (χ0) is 8.10. The monoisotopic (exact) mass is 156 g/mol. The van der Waals surface area contributed by atoms with Gasteiger partial charge in [-0.3, -0.25) is 0 Å². The van der Waals surface area contributed by atoms with Gasteiger partial charge in [0.2, 0.25) is 0 Å². The van der Waals surface area contributed by atoms with E-state index in [-0.39, 0.29) is 19.1 Å². The van der Waals surface area contributed by atoms with Gasteiger partial charge in [-0.05, 0) is 25.2 Å². The van der Waals surface area contributed by atoms with E-state index in [2.05, 4.69) is 12.2 Å². The van der Waals surface area contributed by atoms with Gasteiger partial charge in [-0.2, -0.15) is 0 Å². The molecule has 0 aromatic heterocycles. The molecule has 0 heterocycles. The van der Waals surface area contributed by atoms with E-state index in [4.69, 9.17) is 10.2 Å². The summed E-state index contributed by atoms with van der Waals surface area (Å²) >= 11 is 0. The highest BCUT2D eigenvalue weighted by Gasteiger charge is 2.18. The van der Waals surface area contributed by atoms with Crippen LogP contribution in [0.25, 0.3) is 0 Å². The minimum Gasteiger partial charge on any atom is -0.396 e. The second-order valence-corrected chi connectivity index (χ2v) is 3.15. The van der Waals surface area contributed by atoms with E-state index in [1.54, 1.807) is 0 Å². The minimum absolute atomic E-state index is 0.0616. The van der Waals surface area contributed by atoms with Gasteiger partial charge >= 0.3 is 0 Å². The molecule has 0 aliphatic heterocycles. The zero-order valence-electron chi connectivity index (χ0n) is 6.74. The maximum absolute atomic E-state index is 8.88. The standard InChI is InChI=1S/C9H16O2/c10-6-9(7-11)8-4-2-1-3-5-8/h2,4,8-11H,1,3,5-7H2. The lowest BCUT2D eigenvalue weighted by Gasteiger charge is -2.22. The summed E-state index contributed by atoms with van der Waals surface area (Å²) in [5.41, 5.74) is 0. The Morgan fingerprint density at radius 3 is 2.55 bits per heavy atom. The number of aliphatic hydroxyl groups excluding tert-OH is 2. The van der Waals surface area contributed by atoms with Crippen molar-refractivity contribution in [2.75, 3.05) is 13.2 Å². The molecule has 2 nitrogen and oxygen atoms in total. The summed E-state index contributed by atoms with van der Waals surface area (Å²) in [5, 5.41) is 17.8. The fraction of sp³-hybridized carbons (Fsp3) is 0.778. The summed E-state index contributed by atoms with van der Waals surface area (Å²) in [6, 6.07) is 0. The highest BCUT2D eigenvalue weighted by Crippen LogP contribution is 2.23. The topological polar surface area (TPSA) is 40.5 Å². The van der Waals surface area contributed by atoms with Gasteiger partial charge in [0.25, 0.3) is 0 Å². The van der Waals surface area contributed by atoms with Crippen LogP contribution in [0.5, 0.6) is 0 Å². The largest absolute Gasteiger partial charge is 0.396 e. The maximum Gasteiger partial charge on any atom is 0.0486 e. The number of hydrogen-bond donors (Lipinski definition) is 2. The average Bonchev–Trinajstić information content (AvgIpc) is 2.09. The Morgan fingerprint density at radius 1 is 1.36 bits per heavy atom. The van der Waals surface area contributed by atoms with E-state index in [0.29, 0.717) is 5.92 Å². The van der Waals surface area contributed by atoms with Crippen LogP contribution in [-0.2, 0) is 0 Å². The number of rotatable bonds is 3. The lowest BCUT2D eigenvalue weighted by atomic mass is 9.85. The summed E-state index contributed by atoms with van der Waals surface area (Å²) in [7, 11) is 0. The Bertz CT molecular complexity index is 128. The van der Waals surface area contributed by atoms with E-state index in [1.165, 1.54) is 6.42 Å². The Hall–Kier alpha value is -0.340. The molecule has 0 saturated carbocycles. The first-order chi connectivity index (χ1) is 5.38. The van der Waals surface area contributed by atoms with E-state index in [9.17, 15) is 0 Å². The van der Waals surface area contributed by atoms with Crippen LogP contribution in [0.2, 0.25) is 0 Å². The Morgan fingerprint density at radius 2 is 2.09 bits per heavy atom. The van der Waals surface area contributed by atoms with Crippen molar-refractivity contribution in [3.63, 3.8) is 0 Å². The van der Waals surface area contributed by atoms with Crippen LogP contribution in [-0.4, -0.2) is 23.4 Å². The van der Waals surface area contributed by atoms with E-state index in [0.717, 1.165) is 12.8 Å². The van der Waals surface area contributed by atoms with Gasteiger partial charge in [0.15, 0.2) is 0 Å². The summed E-state index contributed by atoms with van der Waals surface area (Å²) in [6.07, 6.45) is 7.73. The van der Waals surface area contributed by atoms with Crippen LogP contribution in [0.1, 0.15) is 19.3 Å². The molecule has 0 radical (unpaired) electrons. The summed E-state index contributed by atoms with van der Waals surface area (Å²) in [4.78, 5) is 0. The molecule has 1 unspecified atom stereocenters. The molecule has 0 saturated heterocycles. The van der Waals surface area contributed by atoms with Crippen molar-refractivity contribution in [2.45, 2.75) is 19.3 Å². The van der Waals surface area contributed by atoms with Crippen LogP contribution < -0.4 is 0 Å². The van der Waals surface area contributed by atoms with Crippen molar-refractivity contribution in [1.29, 1.82) is 0 Å². The predicted molar refractivity (Wildman–Crippen MR) is 44.1 cm³/mol. The summed E-state index contributed by atoms with van der Waals surface area (Å²) in [5.74, 6) is 0.463. The quantitative estimate of drug-likeness (QED) is 0.597. The molecule has 1 aliphatic carbocycles. The Balaban J connectivity index is 2.42. The molecule has 1 aliphatic rings. The molecule has 1 rings (SSSR count). The molecule has 2 N–H and O–H groups in total. The van der Waals surface area contributed by atoms with Crippen molar-refractivity contribution >= 4 is 0 Å². The molecule has 0 bridgehead atoms. The third-order valence-corrected chi connectivity index (χ3v) is 2.37. The zero-order valence-corrected chi connectivity index (χ0v) is 6.74. The normalized spacial score (nSPS) is 24.5. The minimum atomic E-state index is 0.0616. The second kappa shape index (κ2) is 4.52. The molecule has 0 spiro atoms. The van der Waals surface area contributed by atoms with Gasteiger partial charge < -0.3 is 10.2 Å². The van der Waals surface area contributed by atoms with E-state index >= 15 is 0 Å². The molecule has 64 valence electrons. The van der Waals surface area contributed by atoms with Crippen molar-refractivity contribution in [2.24, 2.45) is 11.8 Å². The first-order valence-corrected chi connectivity index (χ1v) is 4.27. The number of aliphatic hydroxyl groups is 2. The van der Waals surface area contributed by atoms with Gasteiger partial charge in [0.1, 0.15) is 0 Å². The average molecular weight is 156 g/mol. The first kappa shape index (κ1) is 8.75. The van der Waals surface area contributed by atoms with E-state index in [1.807, 2.05) is 0 Å². The van der Waals surface area contributed by atoms with Crippen LogP contribution in [0.4, 0.5) is 0 Å². The van der Waals surface area contributed by atoms with Gasteiger partial charge in [-0.1, -0.05) is 12.2 Å². The van der Waals surface area contributed by atoms with Gasteiger partial charge in [0.05, 0.1) is 0 Å². The fourth-order valence-corrected chi connectivity index (χ4v) is 1.56. The Labute approximate surface area is 67.6 Å². The van der Waals surface area contributed by atoms with Crippen molar-refractivity contribution in [3.05, 3.63) is 12.2 Å². The summed E-state index contributed by atoms with van der Waals surface area (Å²) in [6.45, 7) is 0.205. The third-order valence-electron chi connectivity index (χ3n) is 2.37. The molecular formula is C9H16O2. The van der Waals surface area contributed by atoms with Gasteiger partial charge in [0, 0.05) is 19.1 Å².